The van der Waals surface area contributed by atoms with Crippen molar-refractivity contribution in [3.8, 4) is 0 Å². The van der Waals surface area contributed by atoms with E-state index in [0.717, 1.165) is 28.5 Å². The molecule has 4 amide bonds. The number of nitrogens with one attached hydrogen (secondary N) is 4. The van der Waals surface area contributed by atoms with Crippen LogP contribution in [0.2, 0.25) is 0 Å². The van der Waals surface area contributed by atoms with Gasteiger partial charge in [-0.05, 0) is 42.9 Å². The summed E-state index contributed by atoms with van der Waals surface area (Å²) in [5.41, 5.74) is 25.4. The van der Waals surface area contributed by atoms with Crippen LogP contribution in [0, 0.1) is 0 Å². The molecule has 0 unspecified atom stereocenters. The van der Waals surface area contributed by atoms with Crippen molar-refractivity contribution in [2.24, 2.45) is 27.9 Å². The molecular weight excluding hydrogens is 574 g/mol. The number of unbranched alkanes of at least 4 members (excludes halogenated alkanes) is 1. The highest BCUT2D eigenvalue weighted by molar-refractivity contribution is 5.95. The van der Waals surface area contributed by atoms with E-state index in [4.69, 9.17) is 22.9 Å². The van der Waals surface area contributed by atoms with Crippen molar-refractivity contribution < 1.29 is 19.2 Å². The number of benzene rings is 2. The zero-order valence-corrected chi connectivity index (χ0v) is 25.6. The van der Waals surface area contributed by atoms with Crippen LogP contribution in [0.1, 0.15) is 50.2 Å². The van der Waals surface area contributed by atoms with Crippen LogP contribution in [-0.2, 0) is 32.0 Å². The summed E-state index contributed by atoms with van der Waals surface area (Å²) in [6, 6.07) is 12.9. The Balaban J connectivity index is 1.71. The number of fused-ring (bicyclic) bond motifs is 1. The first-order chi connectivity index (χ1) is 21.6. The minimum Gasteiger partial charge on any atom is -0.370 e. The van der Waals surface area contributed by atoms with Gasteiger partial charge in [0.2, 0.25) is 23.6 Å². The molecule has 1 aromatic heterocycles. The number of aromatic nitrogens is 1. The number of rotatable bonds is 18. The maximum absolute atomic E-state index is 13.6. The van der Waals surface area contributed by atoms with Crippen molar-refractivity contribution in [3.63, 3.8) is 0 Å². The molecule has 0 aliphatic heterocycles. The molecule has 0 aliphatic rings. The molecule has 242 valence electrons. The molecule has 2 aromatic carbocycles. The number of nitrogens with two attached hydrogens (primary N) is 4. The Morgan fingerprint density at radius 3 is 2.02 bits per heavy atom. The van der Waals surface area contributed by atoms with Gasteiger partial charge < -0.3 is 43.9 Å². The largest absolute Gasteiger partial charge is 0.370 e. The molecule has 0 saturated carbocycles. The fraction of sp³-hybridized carbons (Fsp3) is 0.406. The monoisotopic (exact) mass is 619 g/mol. The third-order valence-electron chi connectivity index (χ3n) is 7.45. The second-order valence-electron chi connectivity index (χ2n) is 11.0. The minimum absolute atomic E-state index is 0.0944. The first-order valence-corrected chi connectivity index (χ1v) is 15.2. The van der Waals surface area contributed by atoms with Gasteiger partial charge in [-0.2, -0.15) is 0 Å². The summed E-state index contributed by atoms with van der Waals surface area (Å²) in [7, 11) is 0. The van der Waals surface area contributed by atoms with Gasteiger partial charge in [-0.15, -0.1) is 0 Å². The fourth-order valence-corrected chi connectivity index (χ4v) is 4.98. The smallest absolute Gasteiger partial charge is 0.243 e. The zero-order valence-electron chi connectivity index (χ0n) is 25.6. The first-order valence-electron chi connectivity index (χ1n) is 15.2. The molecule has 0 saturated heterocycles. The average Bonchev–Trinajstić information content (AvgIpc) is 3.42. The van der Waals surface area contributed by atoms with Gasteiger partial charge in [0.05, 0.1) is 6.04 Å². The SMILES string of the molecule is CCCC[C@H](NC(=O)[C@H](N)Cc1c[nH]c2ccccc12)C(=O)N[C@H](CCCN=C(N)N)C(=O)N[C@@H](Cc1ccccc1)C(N)=O. The van der Waals surface area contributed by atoms with E-state index in [-0.39, 0.29) is 31.8 Å². The van der Waals surface area contributed by atoms with Gasteiger partial charge in [0, 0.05) is 30.1 Å². The van der Waals surface area contributed by atoms with Gasteiger partial charge >= 0.3 is 0 Å². The molecular formula is C32H45N9O4. The lowest BCUT2D eigenvalue weighted by molar-refractivity contribution is -0.133. The highest BCUT2D eigenvalue weighted by Crippen LogP contribution is 2.19. The molecule has 1 heterocycles. The Kier molecular flexibility index (Phi) is 13.4. The van der Waals surface area contributed by atoms with Gasteiger partial charge in [0.25, 0.3) is 0 Å². The second-order valence-corrected chi connectivity index (χ2v) is 11.0. The van der Waals surface area contributed by atoms with Crippen molar-refractivity contribution in [1.82, 2.24) is 20.9 Å². The van der Waals surface area contributed by atoms with Gasteiger partial charge in [0.15, 0.2) is 5.96 Å². The van der Waals surface area contributed by atoms with E-state index in [1.165, 1.54) is 0 Å². The molecule has 0 spiro atoms. The Hall–Kier alpha value is -4.91. The molecule has 0 radical (unpaired) electrons. The van der Waals surface area contributed by atoms with E-state index < -0.39 is 47.8 Å². The maximum Gasteiger partial charge on any atom is 0.243 e. The van der Waals surface area contributed by atoms with Gasteiger partial charge in [0.1, 0.15) is 18.1 Å². The van der Waals surface area contributed by atoms with Gasteiger partial charge in [-0.1, -0.05) is 68.3 Å². The standard InChI is InChI=1S/C32H45N9O4/c1-2-3-13-25(39-29(43)23(33)18-21-19-38-24-14-8-7-12-22(21)24)30(44)40-26(15-9-16-37-32(35)36)31(45)41-27(28(34)42)17-20-10-5-4-6-11-20/h4-8,10-12,14,19,23,25-27,38H,2-3,9,13,15-18,33H2,1H3,(H2,34,42)(H,39,43)(H,40,44)(H,41,45)(H4,35,36,37)/t23-,25+,26-,27+/m1/s1. The van der Waals surface area contributed by atoms with Crippen LogP contribution < -0.4 is 38.9 Å². The van der Waals surface area contributed by atoms with E-state index in [0.29, 0.717) is 19.3 Å². The minimum atomic E-state index is -1.05. The number of H-pyrrole nitrogens is 1. The lowest BCUT2D eigenvalue weighted by atomic mass is 10.0. The van der Waals surface area contributed by atoms with E-state index >= 15 is 0 Å². The summed E-state index contributed by atoms with van der Waals surface area (Å²) in [4.78, 5) is 59.5. The van der Waals surface area contributed by atoms with Gasteiger partial charge in [-0.3, -0.25) is 24.2 Å². The van der Waals surface area contributed by atoms with E-state index in [1.807, 2.05) is 67.7 Å². The number of amides is 4. The molecule has 0 fully saturated rings. The van der Waals surface area contributed by atoms with E-state index in [1.54, 1.807) is 0 Å². The Morgan fingerprint density at radius 1 is 0.778 bits per heavy atom. The van der Waals surface area contributed by atoms with Crippen molar-refractivity contribution in [1.29, 1.82) is 0 Å². The van der Waals surface area contributed by atoms with Crippen molar-refractivity contribution >= 4 is 40.5 Å². The number of carbonyl (C=O) groups is 4. The Labute approximate surface area is 262 Å². The lowest BCUT2D eigenvalue weighted by Gasteiger charge is -2.25. The summed E-state index contributed by atoms with van der Waals surface area (Å²) in [6.45, 7) is 2.19. The quantitative estimate of drug-likeness (QED) is 0.0568. The number of aromatic amines is 1. The number of hydrogen-bond donors (Lipinski definition) is 8. The third kappa shape index (κ3) is 10.9. The van der Waals surface area contributed by atoms with Crippen molar-refractivity contribution in [3.05, 3.63) is 71.9 Å². The highest BCUT2D eigenvalue weighted by atomic mass is 16.2. The Morgan fingerprint density at radius 2 is 1.38 bits per heavy atom. The third-order valence-corrected chi connectivity index (χ3v) is 7.45. The number of para-hydroxylation sites is 1. The molecule has 45 heavy (non-hydrogen) atoms. The summed E-state index contributed by atoms with van der Waals surface area (Å²) < 4.78 is 0. The molecule has 0 aliphatic carbocycles. The van der Waals surface area contributed by atoms with Crippen LogP contribution in [0.15, 0.2) is 65.8 Å². The zero-order chi connectivity index (χ0) is 32.8. The second kappa shape index (κ2) is 17.4. The van der Waals surface area contributed by atoms with Crippen LogP contribution in [0.4, 0.5) is 0 Å². The summed E-state index contributed by atoms with van der Waals surface area (Å²) in [5.74, 6) is -2.43. The molecule has 3 rings (SSSR count). The maximum atomic E-state index is 13.6. The first kappa shape index (κ1) is 34.6. The number of guanidine groups is 1. The normalized spacial score (nSPS) is 13.6. The van der Waals surface area contributed by atoms with Crippen LogP contribution in [0.3, 0.4) is 0 Å². The van der Waals surface area contributed by atoms with Crippen LogP contribution >= 0.6 is 0 Å². The molecule has 0 bridgehead atoms. The summed E-state index contributed by atoms with van der Waals surface area (Å²) >= 11 is 0. The van der Waals surface area contributed by atoms with Crippen LogP contribution in [-0.4, -0.2) is 65.3 Å². The Bertz CT molecular complexity index is 1450. The molecule has 4 atom stereocenters. The fourth-order valence-electron chi connectivity index (χ4n) is 4.98. The molecule has 13 heteroatoms. The summed E-state index contributed by atoms with van der Waals surface area (Å²) in [5, 5.41) is 9.19. The number of nitrogens with zero attached hydrogens (tertiary/aromatic N) is 1. The van der Waals surface area contributed by atoms with Crippen LogP contribution in [0.5, 0.6) is 0 Å². The number of aliphatic imine (C=N–C) groups is 1. The summed E-state index contributed by atoms with van der Waals surface area (Å²) in [6.07, 6.45) is 4.57. The number of primary amides is 1. The topological polar surface area (TPSA) is 237 Å². The van der Waals surface area contributed by atoms with Crippen molar-refractivity contribution in [2.75, 3.05) is 6.54 Å². The van der Waals surface area contributed by atoms with E-state index in [9.17, 15) is 19.2 Å². The van der Waals surface area contributed by atoms with Crippen LogP contribution in [0.25, 0.3) is 10.9 Å². The predicted molar refractivity (Wildman–Crippen MR) is 175 cm³/mol. The number of hydrogen-bond acceptors (Lipinski definition) is 6. The van der Waals surface area contributed by atoms with E-state index in [2.05, 4.69) is 25.9 Å². The van der Waals surface area contributed by atoms with Gasteiger partial charge in [-0.25, -0.2) is 0 Å². The van der Waals surface area contributed by atoms with Crippen molar-refractivity contribution in [2.45, 2.75) is 76.0 Å². The molecule has 13 nitrogen and oxygen atoms in total. The molecule has 3 aromatic rings. The highest BCUT2D eigenvalue weighted by Gasteiger charge is 2.30. The predicted octanol–water partition coefficient (Wildman–Crippen LogP) is 0.464. The number of carbonyl (C=O) groups excluding carboxylic acids is 4. The lowest BCUT2D eigenvalue weighted by Crippen LogP contribution is -2.57. The average molecular weight is 620 g/mol. The molecule has 12 N–H and O–H groups in total.